The van der Waals surface area contributed by atoms with E-state index in [0.29, 0.717) is 6.04 Å². The molecule has 2 N–H and O–H groups in total. The van der Waals surface area contributed by atoms with Gasteiger partial charge in [0.05, 0.1) is 7.11 Å². The first-order chi connectivity index (χ1) is 9.51. The molecule has 0 aromatic heterocycles. The molecule has 0 radical (unpaired) electrons. The van der Waals surface area contributed by atoms with Crippen LogP contribution in [-0.4, -0.2) is 31.6 Å². The summed E-state index contributed by atoms with van der Waals surface area (Å²) in [5.74, 6) is 1.64. The van der Waals surface area contributed by atoms with Crippen molar-refractivity contribution in [1.82, 2.24) is 4.90 Å². The van der Waals surface area contributed by atoms with Gasteiger partial charge in [-0.15, -0.1) is 0 Å². The van der Waals surface area contributed by atoms with Crippen molar-refractivity contribution in [2.45, 2.75) is 45.7 Å². The first-order valence-electron chi connectivity index (χ1n) is 7.58. The summed E-state index contributed by atoms with van der Waals surface area (Å²) in [6.45, 7) is 6.53. The third-order valence-electron chi connectivity index (χ3n) is 3.59. The summed E-state index contributed by atoms with van der Waals surface area (Å²) < 4.78 is 5.18. The van der Waals surface area contributed by atoms with E-state index < -0.39 is 0 Å². The van der Waals surface area contributed by atoms with Crippen LogP contribution >= 0.6 is 0 Å². The van der Waals surface area contributed by atoms with Gasteiger partial charge in [0.25, 0.3) is 0 Å². The number of ether oxygens (including phenoxy) is 1. The topological polar surface area (TPSA) is 38.5 Å². The Labute approximate surface area is 124 Å². The fourth-order valence-electron chi connectivity index (χ4n) is 2.52. The summed E-state index contributed by atoms with van der Waals surface area (Å²) in [5, 5.41) is 0. The number of hydrogen-bond acceptors (Lipinski definition) is 3. The maximum atomic E-state index is 5.79. The van der Waals surface area contributed by atoms with Gasteiger partial charge in [-0.2, -0.15) is 0 Å². The van der Waals surface area contributed by atoms with E-state index in [1.807, 2.05) is 12.1 Å². The summed E-state index contributed by atoms with van der Waals surface area (Å²) in [4.78, 5) is 2.39. The molecule has 2 atom stereocenters. The molecule has 0 saturated heterocycles. The molecule has 0 saturated carbocycles. The SMILES string of the molecule is COc1ccc(CN(C)CC(C)CCCC(C)N)cc1. The van der Waals surface area contributed by atoms with Crippen molar-refractivity contribution < 1.29 is 4.74 Å². The van der Waals surface area contributed by atoms with Crippen LogP contribution in [0.5, 0.6) is 5.75 Å². The minimum absolute atomic E-state index is 0.333. The lowest BCUT2D eigenvalue weighted by atomic mass is 10.0. The largest absolute Gasteiger partial charge is 0.497 e. The fraction of sp³-hybridized carbons (Fsp3) is 0.647. The zero-order valence-corrected chi connectivity index (χ0v) is 13.4. The number of rotatable bonds is 9. The summed E-state index contributed by atoms with van der Waals surface area (Å²) in [5.41, 5.74) is 7.11. The van der Waals surface area contributed by atoms with E-state index in [1.165, 1.54) is 18.4 Å². The Morgan fingerprint density at radius 3 is 2.35 bits per heavy atom. The molecule has 0 fully saturated rings. The summed E-state index contributed by atoms with van der Waals surface area (Å²) in [6.07, 6.45) is 3.62. The quantitative estimate of drug-likeness (QED) is 0.753. The first kappa shape index (κ1) is 17.0. The molecule has 114 valence electrons. The molecule has 2 unspecified atom stereocenters. The van der Waals surface area contributed by atoms with E-state index in [0.717, 1.165) is 31.2 Å². The van der Waals surface area contributed by atoms with Crippen LogP contribution in [0.4, 0.5) is 0 Å². The Balaban J connectivity index is 2.29. The molecule has 0 aliphatic rings. The number of benzene rings is 1. The van der Waals surface area contributed by atoms with E-state index in [4.69, 9.17) is 10.5 Å². The molecule has 3 nitrogen and oxygen atoms in total. The lowest BCUT2D eigenvalue weighted by molar-refractivity contribution is 0.267. The molecule has 0 spiro atoms. The lowest BCUT2D eigenvalue weighted by Gasteiger charge is -2.21. The van der Waals surface area contributed by atoms with E-state index in [2.05, 4.69) is 37.9 Å². The van der Waals surface area contributed by atoms with Gasteiger partial charge in [-0.05, 0) is 50.4 Å². The van der Waals surface area contributed by atoms with Crippen LogP contribution in [0.1, 0.15) is 38.7 Å². The third kappa shape index (κ3) is 6.92. The van der Waals surface area contributed by atoms with Crippen molar-refractivity contribution in [2.24, 2.45) is 11.7 Å². The molecule has 0 aliphatic carbocycles. The molecule has 20 heavy (non-hydrogen) atoms. The molecule has 1 aromatic rings. The molecule has 0 bridgehead atoms. The second kappa shape index (κ2) is 8.98. The molecule has 0 heterocycles. The zero-order chi connectivity index (χ0) is 15.0. The minimum Gasteiger partial charge on any atom is -0.497 e. The van der Waals surface area contributed by atoms with E-state index in [-0.39, 0.29) is 0 Å². The van der Waals surface area contributed by atoms with Gasteiger partial charge >= 0.3 is 0 Å². The van der Waals surface area contributed by atoms with Crippen molar-refractivity contribution in [3.05, 3.63) is 29.8 Å². The summed E-state index contributed by atoms with van der Waals surface area (Å²) >= 11 is 0. The maximum absolute atomic E-state index is 5.79. The van der Waals surface area contributed by atoms with Crippen LogP contribution in [0.2, 0.25) is 0 Å². The molecular weight excluding hydrogens is 248 g/mol. The van der Waals surface area contributed by atoms with Gasteiger partial charge in [0, 0.05) is 19.1 Å². The van der Waals surface area contributed by atoms with Gasteiger partial charge < -0.3 is 15.4 Å². The molecule has 3 heteroatoms. The number of hydrogen-bond donors (Lipinski definition) is 1. The number of methoxy groups -OCH3 is 1. The zero-order valence-electron chi connectivity index (χ0n) is 13.4. The third-order valence-corrected chi connectivity index (χ3v) is 3.59. The predicted octanol–water partition coefficient (Wildman–Crippen LogP) is 3.28. The Bertz CT molecular complexity index is 362. The molecule has 1 aromatic carbocycles. The molecule has 1 rings (SSSR count). The van der Waals surface area contributed by atoms with Gasteiger partial charge in [-0.1, -0.05) is 25.5 Å². The van der Waals surface area contributed by atoms with Crippen LogP contribution in [0.3, 0.4) is 0 Å². The predicted molar refractivity (Wildman–Crippen MR) is 86.0 cm³/mol. The van der Waals surface area contributed by atoms with E-state index in [1.54, 1.807) is 7.11 Å². The van der Waals surface area contributed by atoms with E-state index >= 15 is 0 Å². The first-order valence-corrected chi connectivity index (χ1v) is 7.58. The number of nitrogens with two attached hydrogens (primary N) is 1. The monoisotopic (exact) mass is 278 g/mol. The summed E-state index contributed by atoms with van der Waals surface area (Å²) in [6, 6.07) is 8.65. The lowest BCUT2D eigenvalue weighted by Crippen LogP contribution is -2.24. The summed E-state index contributed by atoms with van der Waals surface area (Å²) in [7, 11) is 3.89. The minimum atomic E-state index is 0.333. The normalized spacial score (nSPS) is 14.3. The van der Waals surface area contributed by atoms with Crippen molar-refractivity contribution in [2.75, 3.05) is 20.7 Å². The van der Waals surface area contributed by atoms with Crippen LogP contribution in [0, 0.1) is 5.92 Å². The highest BCUT2D eigenvalue weighted by atomic mass is 16.5. The highest BCUT2D eigenvalue weighted by Gasteiger charge is 2.08. The fourth-order valence-corrected chi connectivity index (χ4v) is 2.52. The smallest absolute Gasteiger partial charge is 0.118 e. The maximum Gasteiger partial charge on any atom is 0.118 e. The van der Waals surface area contributed by atoms with Gasteiger partial charge in [0.2, 0.25) is 0 Å². The second-order valence-corrected chi connectivity index (χ2v) is 6.06. The average molecular weight is 278 g/mol. The van der Waals surface area contributed by atoms with Crippen molar-refractivity contribution >= 4 is 0 Å². The Kier molecular flexibility index (Phi) is 7.63. The van der Waals surface area contributed by atoms with Gasteiger partial charge in [0.1, 0.15) is 5.75 Å². The molecule has 0 aliphatic heterocycles. The van der Waals surface area contributed by atoms with Gasteiger partial charge in [-0.3, -0.25) is 0 Å². The molecule has 0 amide bonds. The molecular formula is C17H30N2O. The van der Waals surface area contributed by atoms with Gasteiger partial charge in [0.15, 0.2) is 0 Å². The number of nitrogens with zero attached hydrogens (tertiary/aromatic N) is 1. The van der Waals surface area contributed by atoms with Crippen LogP contribution in [-0.2, 0) is 6.54 Å². The highest BCUT2D eigenvalue weighted by molar-refractivity contribution is 5.26. The van der Waals surface area contributed by atoms with Crippen LogP contribution in [0.25, 0.3) is 0 Å². The van der Waals surface area contributed by atoms with Crippen molar-refractivity contribution in [3.8, 4) is 5.75 Å². The average Bonchev–Trinajstić information content (AvgIpc) is 2.38. The second-order valence-electron chi connectivity index (χ2n) is 6.06. The van der Waals surface area contributed by atoms with Crippen molar-refractivity contribution in [1.29, 1.82) is 0 Å². The van der Waals surface area contributed by atoms with Crippen LogP contribution < -0.4 is 10.5 Å². The van der Waals surface area contributed by atoms with Crippen LogP contribution in [0.15, 0.2) is 24.3 Å². The Hall–Kier alpha value is -1.06. The van der Waals surface area contributed by atoms with Crippen molar-refractivity contribution in [3.63, 3.8) is 0 Å². The van der Waals surface area contributed by atoms with E-state index in [9.17, 15) is 0 Å². The highest BCUT2D eigenvalue weighted by Crippen LogP contribution is 2.14. The Morgan fingerprint density at radius 2 is 1.80 bits per heavy atom. The Morgan fingerprint density at radius 1 is 1.15 bits per heavy atom. The van der Waals surface area contributed by atoms with Gasteiger partial charge in [-0.25, -0.2) is 0 Å². The standard InChI is InChI=1S/C17H30N2O/c1-14(6-5-7-15(2)18)12-19(3)13-16-8-10-17(20-4)11-9-16/h8-11,14-15H,5-7,12-13,18H2,1-4H3.